The van der Waals surface area contributed by atoms with Gasteiger partial charge in [0.15, 0.2) is 18.2 Å². The fourth-order valence-electron chi connectivity index (χ4n) is 1.53. The Labute approximate surface area is 98.4 Å². The highest BCUT2D eigenvalue weighted by molar-refractivity contribution is 5.69. The van der Waals surface area contributed by atoms with Crippen molar-refractivity contribution < 1.29 is 14.5 Å². The van der Waals surface area contributed by atoms with E-state index in [-0.39, 0.29) is 6.42 Å². The van der Waals surface area contributed by atoms with Gasteiger partial charge in [-0.25, -0.2) is 9.97 Å². The number of rotatable bonds is 4. The summed E-state index contributed by atoms with van der Waals surface area (Å²) >= 11 is 0. The molecule has 5 nitrogen and oxygen atoms in total. The van der Waals surface area contributed by atoms with Gasteiger partial charge in [0.2, 0.25) is 6.54 Å². The van der Waals surface area contributed by atoms with E-state index in [1.54, 1.807) is 30.7 Å². The van der Waals surface area contributed by atoms with E-state index in [0.29, 0.717) is 12.4 Å². The average molecular weight is 230 g/mol. The fraction of sp³-hybridized carbons (Fsp3) is 0.167. The molecule has 0 saturated heterocycles. The summed E-state index contributed by atoms with van der Waals surface area (Å²) in [6.07, 6.45) is 7.05. The number of carbonyl (C=O) groups is 1. The molecule has 2 rings (SSSR count). The van der Waals surface area contributed by atoms with Crippen LogP contribution in [0.15, 0.2) is 43.0 Å². The third-order valence-electron chi connectivity index (χ3n) is 2.22. The summed E-state index contributed by atoms with van der Waals surface area (Å²) in [4.78, 5) is 18.8. The molecule has 0 aliphatic heterocycles. The van der Waals surface area contributed by atoms with Gasteiger partial charge in [-0.3, -0.25) is 4.79 Å². The van der Waals surface area contributed by atoms with Gasteiger partial charge in [-0.15, -0.1) is 0 Å². The molecule has 0 aliphatic carbocycles. The molecule has 0 saturated carbocycles. The zero-order valence-corrected chi connectivity index (χ0v) is 9.15. The Morgan fingerprint density at radius 3 is 2.76 bits per heavy atom. The van der Waals surface area contributed by atoms with E-state index in [0.717, 1.165) is 5.56 Å². The summed E-state index contributed by atoms with van der Waals surface area (Å²) < 4.78 is 1.87. The molecular formula is C12H12N3O2+. The van der Waals surface area contributed by atoms with E-state index >= 15 is 0 Å². The van der Waals surface area contributed by atoms with Gasteiger partial charge < -0.3 is 5.11 Å². The van der Waals surface area contributed by atoms with E-state index in [2.05, 4.69) is 9.97 Å². The van der Waals surface area contributed by atoms with Crippen LogP contribution < -0.4 is 4.57 Å². The molecule has 0 aliphatic rings. The van der Waals surface area contributed by atoms with Crippen molar-refractivity contribution in [1.29, 1.82) is 0 Å². The van der Waals surface area contributed by atoms with Crippen molar-refractivity contribution in [2.24, 2.45) is 0 Å². The first kappa shape index (κ1) is 11.2. The lowest BCUT2D eigenvalue weighted by Gasteiger charge is -1.98. The number of nitrogens with zero attached hydrogens (tertiary/aromatic N) is 3. The molecule has 0 amide bonds. The van der Waals surface area contributed by atoms with Crippen LogP contribution in [-0.4, -0.2) is 21.0 Å². The van der Waals surface area contributed by atoms with Gasteiger partial charge in [-0.2, -0.15) is 4.57 Å². The van der Waals surface area contributed by atoms with Crippen LogP contribution >= 0.6 is 0 Å². The highest BCUT2D eigenvalue weighted by atomic mass is 16.4. The predicted molar refractivity (Wildman–Crippen MR) is 59.1 cm³/mol. The SMILES string of the molecule is O=C(O)Cc1ccc[n+](Cc2ncccn2)c1. The van der Waals surface area contributed by atoms with Gasteiger partial charge >= 0.3 is 5.97 Å². The van der Waals surface area contributed by atoms with Crippen molar-refractivity contribution >= 4 is 5.97 Å². The van der Waals surface area contributed by atoms with Crippen molar-refractivity contribution in [1.82, 2.24) is 9.97 Å². The van der Waals surface area contributed by atoms with Crippen LogP contribution in [0.3, 0.4) is 0 Å². The lowest BCUT2D eigenvalue weighted by Crippen LogP contribution is -2.35. The topological polar surface area (TPSA) is 67.0 Å². The Bertz CT molecular complexity index is 514. The first-order valence-electron chi connectivity index (χ1n) is 5.20. The number of pyridine rings is 1. The number of aromatic nitrogens is 3. The number of aliphatic carboxylic acids is 1. The van der Waals surface area contributed by atoms with Crippen molar-refractivity contribution in [2.75, 3.05) is 0 Å². The van der Waals surface area contributed by atoms with Gasteiger partial charge in [-0.1, -0.05) is 0 Å². The first-order valence-corrected chi connectivity index (χ1v) is 5.20. The molecule has 0 unspecified atom stereocenters. The van der Waals surface area contributed by atoms with E-state index in [9.17, 15) is 4.79 Å². The highest BCUT2D eigenvalue weighted by Crippen LogP contribution is 1.96. The van der Waals surface area contributed by atoms with E-state index in [1.807, 2.05) is 16.8 Å². The Balaban J connectivity index is 2.14. The third-order valence-corrected chi connectivity index (χ3v) is 2.22. The van der Waals surface area contributed by atoms with Crippen LogP contribution in [0.1, 0.15) is 11.4 Å². The molecule has 17 heavy (non-hydrogen) atoms. The molecule has 5 heteroatoms. The van der Waals surface area contributed by atoms with Crippen molar-refractivity contribution in [3.05, 3.63) is 54.4 Å². The normalized spacial score (nSPS) is 10.1. The minimum Gasteiger partial charge on any atom is -0.481 e. The van der Waals surface area contributed by atoms with Gasteiger partial charge in [0.05, 0.1) is 6.42 Å². The Hall–Kier alpha value is -2.30. The number of carboxylic acid groups (broad SMARTS) is 1. The zero-order valence-electron chi connectivity index (χ0n) is 9.15. The Kier molecular flexibility index (Phi) is 3.40. The summed E-state index contributed by atoms with van der Waals surface area (Å²) in [5.41, 5.74) is 0.760. The molecule has 1 N–H and O–H groups in total. The zero-order chi connectivity index (χ0) is 12.1. The Morgan fingerprint density at radius 2 is 2.06 bits per heavy atom. The standard InChI is InChI=1S/C12H11N3O2/c16-12(17)7-10-3-1-6-15(8-10)9-11-13-4-2-5-14-11/h1-6,8H,7,9H2/p+1. The summed E-state index contributed by atoms with van der Waals surface area (Å²) in [7, 11) is 0. The van der Waals surface area contributed by atoms with Crippen LogP contribution in [0.2, 0.25) is 0 Å². The van der Waals surface area contributed by atoms with E-state index < -0.39 is 5.97 Å². The van der Waals surface area contributed by atoms with E-state index in [4.69, 9.17) is 5.11 Å². The minimum absolute atomic E-state index is 0.0243. The van der Waals surface area contributed by atoms with Crippen LogP contribution in [0.25, 0.3) is 0 Å². The third kappa shape index (κ3) is 3.34. The van der Waals surface area contributed by atoms with Crippen molar-refractivity contribution in [3.8, 4) is 0 Å². The van der Waals surface area contributed by atoms with Crippen LogP contribution in [-0.2, 0) is 17.8 Å². The maximum absolute atomic E-state index is 10.6. The smallest absolute Gasteiger partial charge is 0.308 e. The average Bonchev–Trinajstić information content (AvgIpc) is 2.30. The summed E-state index contributed by atoms with van der Waals surface area (Å²) in [6, 6.07) is 5.37. The summed E-state index contributed by atoms with van der Waals surface area (Å²) in [5, 5.41) is 8.71. The minimum atomic E-state index is -0.835. The van der Waals surface area contributed by atoms with Gasteiger partial charge in [0.1, 0.15) is 0 Å². The van der Waals surface area contributed by atoms with Gasteiger partial charge in [0, 0.05) is 24.0 Å². The fourth-order valence-corrected chi connectivity index (χ4v) is 1.53. The second kappa shape index (κ2) is 5.16. The molecule has 0 aromatic carbocycles. The number of carboxylic acids is 1. The maximum Gasteiger partial charge on any atom is 0.308 e. The van der Waals surface area contributed by atoms with Crippen LogP contribution in [0, 0.1) is 0 Å². The molecule has 86 valence electrons. The van der Waals surface area contributed by atoms with Gasteiger partial charge in [0.25, 0.3) is 0 Å². The lowest BCUT2D eigenvalue weighted by molar-refractivity contribution is -0.689. The molecule has 0 radical (unpaired) electrons. The number of hydrogen-bond donors (Lipinski definition) is 1. The molecule has 0 spiro atoms. The Morgan fingerprint density at radius 1 is 1.29 bits per heavy atom. The van der Waals surface area contributed by atoms with Crippen LogP contribution in [0.4, 0.5) is 0 Å². The predicted octanol–water partition coefficient (Wildman–Crippen LogP) is 0.439. The van der Waals surface area contributed by atoms with Crippen molar-refractivity contribution in [3.63, 3.8) is 0 Å². The molecule has 0 fully saturated rings. The molecule has 0 bridgehead atoms. The second-order valence-corrected chi connectivity index (χ2v) is 3.62. The maximum atomic E-state index is 10.6. The summed E-state index contributed by atoms with van der Waals surface area (Å²) in [5.74, 6) is -0.135. The molecule has 2 heterocycles. The second-order valence-electron chi connectivity index (χ2n) is 3.62. The van der Waals surface area contributed by atoms with Crippen molar-refractivity contribution in [2.45, 2.75) is 13.0 Å². The largest absolute Gasteiger partial charge is 0.481 e. The number of hydrogen-bond acceptors (Lipinski definition) is 3. The molecule has 2 aromatic rings. The lowest BCUT2D eigenvalue weighted by atomic mass is 10.2. The van der Waals surface area contributed by atoms with Gasteiger partial charge in [-0.05, 0) is 12.1 Å². The first-order chi connectivity index (χ1) is 8.24. The summed E-state index contributed by atoms with van der Waals surface area (Å²) in [6.45, 7) is 0.536. The monoisotopic (exact) mass is 230 g/mol. The van der Waals surface area contributed by atoms with E-state index in [1.165, 1.54) is 0 Å². The molecule has 0 atom stereocenters. The van der Waals surface area contributed by atoms with Crippen LogP contribution in [0.5, 0.6) is 0 Å². The molecular weight excluding hydrogens is 218 g/mol. The highest BCUT2D eigenvalue weighted by Gasteiger charge is 2.08. The quantitative estimate of drug-likeness (QED) is 0.774. The molecule has 2 aromatic heterocycles.